The maximum Gasteiger partial charge on any atom is 0.0698 e. The van der Waals surface area contributed by atoms with Crippen LogP contribution in [0.4, 0.5) is 0 Å². The summed E-state index contributed by atoms with van der Waals surface area (Å²) in [4.78, 5) is 0. The molecule has 66 valence electrons. The van der Waals surface area contributed by atoms with E-state index in [2.05, 4.69) is 5.32 Å². The van der Waals surface area contributed by atoms with E-state index in [-0.39, 0.29) is 6.61 Å². The standard InChI is InChI=1S/C8H17NO2/c10-5-6-11-7-8-3-1-2-4-9-8/h8-10H,1-7H2. The van der Waals surface area contributed by atoms with Gasteiger partial charge in [0.25, 0.3) is 0 Å². The smallest absolute Gasteiger partial charge is 0.0698 e. The quantitative estimate of drug-likeness (QED) is 0.573. The zero-order valence-corrected chi connectivity index (χ0v) is 6.88. The Kier molecular flexibility index (Phi) is 4.50. The van der Waals surface area contributed by atoms with Crippen LogP contribution < -0.4 is 5.32 Å². The molecule has 1 saturated heterocycles. The molecule has 0 aliphatic carbocycles. The zero-order valence-electron chi connectivity index (χ0n) is 6.88. The minimum Gasteiger partial charge on any atom is -0.394 e. The molecule has 1 unspecified atom stereocenters. The summed E-state index contributed by atoms with van der Waals surface area (Å²) in [5, 5.41) is 11.8. The van der Waals surface area contributed by atoms with Gasteiger partial charge >= 0.3 is 0 Å². The first-order valence-electron chi connectivity index (χ1n) is 4.35. The first-order valence-corrected chi connectivity index (χ1v) is 4.35. The number of nitrogens with one attached hydrogen (secondary N) is 1. The second-order valence-corrected chi connectivity index (χ2v) is 2.95. The molecule has 1 aliphatic rings. The van der Waals surface area contributed by atoms with Crippen molar-refractivity contribution in [2.45, 2.75) is 25.3 Å². The van der Waals surface area contributed by atoms with Crippen LogP contribution in [-0.4, -0.2) is 37.5 Å². The number of aliphatic hydroxyl groups is 1. The van der Waals surface area contributed by atoms with E-state index < -0.39 is 0 Å². The lowest BCUT2D eigenvalue weighted by Gasteiger charge is -2.22. The Bertz CT molecular complexity index is 92.1. The average molecular weight is 159 g/mol. The first kappa shape index (κ1) is 8.97. The Morgan fingerprint density at radius 2 is 2.36 bits per heavy atom. The Hall–Kier alpha value is -0.120. The minimum atomic E-state index is 0.132. The summed E-state index contributed by atoms with van der Waals surface area (Å²) in [6.07, 6.45) is 3.81. The summed E-state index contributed by atoms with van der Waals surface area (Å²) in [7, 11) is 0. The molecule has 0 aromatic heterocycles. The van der Waals surface area contributed by atoms with Gasteiger partial charge in [0.2, 0.25) is 0 Å². The lowest BCUT2D eigenvalue weighted by molar-refractivity contribution is 0.0715. The van der Waals surface area contributed by atoms with E-state index in [1.165, 1.54) is 19.3 Å². The van der Waals surface area contributed by atoms with Gasteiger partial charge in [-0.3, -0.25) is 0 Å². The molecule has 0 spiro atoms. The highest BCUT2D eigenvalue weighted by atomic mass is 16.5. The molecule has 11 heavy (non-hydrogen) atoms. The number of ether oxygens (including phenoxy) is 1. The maximum absolute atomic E-state index is 8.45. The van der Waals surface area contributed by atoms with Crippen molar-refractivity contribution in [3.63, 3.8) is 0 Å². The van der Waals surface area contributed by atoms with E-state index in [1.807, 2.05) is 0 Å². The summed E-state index contributed by atoms with van der Waals surface area (Å²) in [6, 6.07) is 0.523. The molecule has 1 rings (SSSR count). The van der Waals surface area contributed by atoms with Crippen LogP contribution in [0.2, 0.25) is 0 Å². The number of piperidine rings is 1. The van der Waals surface area contributed by atoms with Crippen molar-refractivity contribution in [2.24, 2.45) is 0 Å². The van der Waals surface area contributed by atoms with E-state index in [4.69, 9.17) is 9.84 Å². The van der Waals surface area contributed by atoms with Gasteiger partial charge in [-0.2, -0.15) is 0 Å². The van der Waals surface area contributed by atoms with Crippen LogP contribution in [0, 0.1) is 0 Å². The Morgan fingerprint density at radius 1 is 1.45 bits per heavy atom. The molecule has 2 N–H and O–H groups in total. The van der Waals surface area contributed by atoms with Crippen LogP contribution >= 0.6 is 0 Å². The Balaban J connectivity index is 1.96. The van der Waals surface area contributed by atoms with Gasteiger partial charge in [0, 0.05) is 6.04 Å². The molecule has 0 saturated carbocycles. The third kappa shape index (κ3) is 3.70. The fourth-order valence-corrected chi connectivity index (χ4v) is 1.36. The normalized spacial score (nSPS) is 25.4. The van der Waals surface area contributed by atoms with Crippen molar-refractivity contribution in [1.82, 2.24) is 5.32 Å². The Labute approximate surface area is 67.7 Å². The summed E-state index contributed by atoms with van der Waals surface area (Å²) < 4.78 is 5.21. The fraction of sp³-hybridized carbons (Fsp3) is 1.00. The Morgan fingerprint density at radius 3 is 3.00 bits per heavy atom. The van der Waals surface area contributed by atoms with Gasteiger partial charge in [-0.25, -0.2) is 0 Å². The predicted octanol–water partition coefficient (Wildman–Crippen LogP) is 0.137. The third-order valence-electron chi connectivity index (χ3n) is 1.97. The van der Waals surface area contributed by atoms with E-state index in [0.29, 0.717) is 12.6 Å². The SMILES string of the molecule is OCCOCC1CCCCN1. The van der Waals surface area contributed by atoms with Crippen molar-refractivity contribution in [3.8, 4) is 0 Å². The van der Waals surface area contributed by atoms with Gasteiger partial charge in [-0.15, -0.1) is 0 Å². The van der Waals surface area contributed by atoms with Crippen LogP contribution in [0.15, 0.2) is 0 Å². The van der Waals surface area contributed by atoms with Gasteiger partial charge in [-0.1, -0.05) is 6.42 Å². The van der Waals surface area contributed by atoms with Gasteiger partial charge in [-0.05, 0) is 19.4 Å². The highest BCUT2D eigenvalue weighted by Crippen LogP contribution is 2.06. The molecule has 3 heteroatoms. The predicted molar refractivity (Wildman–Crippen MR) is 43.5 cm³/mol. The molecule has 1 atom stereocenters. The third-order valence-corrected chi connectivity index (χ3v) is 1.97. The second kappa shape index (κ2) is 5.52. The summed E-state index contributed by atoms with van der Waals surface area (Å²) in [6.45, 7) is 2.47. The summed E-state index contributed by atoms with van der Waals surface area (Å²) in [5.41, 5.74) is 0. The van der Waals surface area contributed by atoms with Crippen LogP contribution in [0.25, 0.3) is 0 Å². The molecule has 0 aromatic rings. The molecule has 1 fully saturated rings. The molecular formula is C8H17NO2. The highest BCUT2D eigenvalue weighted by Gasteiger charge is 2.11. The van der Waals surface area contributed by atoms with E-state index >= 15 is 0 Å². The molecule has 0 amide bonds. The van der Waals surface area contributed by atoms with Gasteiger partial charge in [0.1, 0.15) is 0 Å². The molecule has 0 aromatic carbocycles. The van der Waals surface area contributed by atoms with Crippen LogP contribution in [0.5, 0.6) is 0 Å². The molecular weight excluding hydrogens is 142 g/mol. The molecule has 1 aliphatic heterocycles. The van der Waals surface area contributed by atoms with Crippen molar-refractivity contribution >= 4 is 0 Å². The lowest BCUT2D eigenvalue weighted by Crippen LogP contribution is -2.37. The molecule has 3 nitrogen and oxygen atoms in total. The number of aliphatic hydroxyl groups excluding tert-OH is 1. The number of rotatable bonds is 4. The number of hydrogen-bond acceptors (Lipinski definition) is 3. The lowest BCUT2D eigenvalue weighted by atomic mass is 10.1. The largest absolute Gasteiger partial charge is 0.394 e. The van der Waals surface area contributed by atoms with Crippen molar-refractivity contribution in [3.05, 3.63) is 0 Å². The second-order valence-electron chi connectivity index (χ2n) is 2.95. The van der Waals surface area contributed by atoms with Crippen LogP contribution in [0.3, 0.4) is 0 Å². The van der Waals surface area contributed by atoms with Gasteiger partial charge in [0.05, 0.1) is 19.8 Å². The minimum absolute atomic E-state index is 0.132. The zero-order chi connectivity index (χ0) is 7.94. The van der Waals surface area contributed by atoms with Crippen molar-refractivity contribution in [1.29, 1.82) is 0 Å². The molecule has 0 bridgehead atoms. The monoisotopic (exact) mass is 159 g/mol. The summed E-state index contributed by atoms with van der Waals surface area (Å²) >= 11 is 0. The maximum atomic E-state index is 8.45. The van der Waals surface area contributed by atoms with E-state index in [9.17, 15) is 0 Å². The van der Waals surface area contributed by atoms with Crippen molar-refractivity contribution in [2.75, 3.05) is 26.4 Å². The van der Waals surface area contributed by atoms with Gasteiger partial charge in [0.15, 0.2) is 0 Å². The fourth-order valence-electron chi connectivity index (χ4n) is 1.36. The van der Waals surface area contributed by atoms with Gasteiger partial charge < -0.3 is 15.2 Å². The van der Waals surface area contributed by atoms with Crippen LogP contribution in [0.1, 0.15) is 19.3 Å². The average Bonchev–Trinajstić information content (AvgIpc) is 2.07. The topological polar surface area (TPSA) is 41.5 Å². The number of hydrogen-bond donors (Lipinski definition) is 2. The highest BCUT2D eigenvalue weighted by molar-refractivity contribution is 4.70. The van der Waals surface area contributed by atoms with Crippen LogP contribution in [-0.2, 0) is 4.74 Å². The van der Waals surface area contributed by atoms with Crippen molar-refractivity contribution < 1.29 is 9.84 Å². The van der Waals surface area contributed by atoms with E-state index in [1.54, 1.807) is 0 Å². The first-order chi connectivity index (χ1) is 5.43. The summed E-state index contributed by atoms with van der Waals surface area (Å²) in [5.74, 6) is 0. The molecule has 0 radical (unpaired) electrons. The molecule has 1 heterocycles. The van der Waals surface area contributed by atoms with E-state index in [0.717, 1.165) is 13.2 Å².